The molecule has 0 bridgehead atoms. The Bertz CT molecular complexity index is 696. The maximum absolute atomic E-state index is 12.9. The number of pyridine rings is 1. The molecule has 0 amide bonds. The molecule has 1 unspecified atom stereocenters. The van der Waals surface area contributed by atoms with Crippen LogP contribution in [0.1, 0.15) is 37.1 Å². The van der Waals surface area contributed by atoms with Gasteiger partial charge in [-0.05, 0) is 37.8 Å². The summed E-state index contributed by atoms with van der Waals surface area (Å²) in [4.78, 5) is 3.48. The highest BCUT2D eigenvalue weighted by molar-refractivity contribution is 5.16. The van der Waals surface area contributed by atoms with Crippen LogP contribution in [-0.4, -0.2) is 46.9 Å². The number of alkyl halides is 9. The smallest absolute Gasteiger partial charge is 0.382 e. The number of β-amino-alcohol motifs (C(OH)–C–C–N with tert-alkyl or cyclic N) is 1. The maximum atomic E-state index is 12.9. The van der Waals surface area contributed by atoms with Gasteiger partial charge in [0.15, 0.2) is 6.10 Å². The molecule has 1 aromatic heterocycles. The molecule has 13 heteroatoms. The van der Waals surface area contributed by atoms with Gasteiger partial charge >= 0.3 is 18.7 Å². The molecule has 0 aromatic carbocycles. The van der Waals surface area contributed by atoms with E-state index in [4.69, 9.17) is 0 Å². The zero-order chi connectivity index (χ0) is 22.8. The normalized spacial score (nSPS) is 24.7. The van der Waals surface area contributed by atoms with Crippen molar-refractivity contribution in [1.29, 1.82) is 0 Å². The van der Waals surface area contributed by atoms with E-state index in [9.17, 15) is 44.6 Å². The van der Waals surface area contributed by atoms with Crippen LogP contribution in [0.15, 0.2) is 18.2 Å². The van der Waals surface area contributed by atoms with Crippen LogP contribution < -0.4 is 5.32 Å². The van der Waals surface area contributed by atoms with Crippen molar-refractivity contribution >= 4 is 0 Å². The summed E-state index contributed by atoms with van der Waals surface area (Å²) in [6.07, 6.45) is -19.4. The minimum absolute atomic E-state index is 0.0889. The molecule has 1 fully saturated rings. The Hall–Kier alpha value is -1.60. The number of nitrogens with one attached hydrogen (secondary N) is 1. The molecule has 0 radical (unpaired) electrons. The number of hydrogen-bond donors (Lipinski definition) is 2. The van der Waals surface area contributed by atoms with E-state index >= 15 is 0 Å². The van der Waals surface area contributed by atoms with Gasteiger partial charge < -0.3 is 10.4 Å². The number of aliphatic hydroxyl groups is 1. The molecule has 30 heavy (non-hydrogen) atoms. The SMILES string of the molecule is OC(CNC1(Cc2cccc(C(F)(F)F)n2)CCC(OC(F)(F)F)CC1)C(F)(F)F. The van der Waals surface area contributed by atoms with Crippen LogP contribution in [0.5, 0.6) is 0 Å². The quantitative estimate of drug-likeness (QED) is 0.627. The van der Waals surface area contributed by atoms with E-state index in [-0.39, 0.29) is 37.8 Å². The van der Waals surface area contributed by atoms with Crippen molar-refractivity contribution in [3.05, 3.63) is 29.6 Å². The summed E-state index contributed by atoms with van der Waals surface area (Å²) in [7, 11) is 0. The molecule has 0 aliphatic heterocycles. The topological polar surface area (TPSA) is 54.4 Å². The number of halogens is 9. The second-order valence-electron chi connectivity index (χ2n) is 7.17. The van der Waals surface area contributed by atoms with Crippen LogP contribution in [0, 0.1) is 0 Å². The summed E-state index contributed by atoms with van der Waals surface area (Å²) in [5, 5.41) is 11.7. The standard InChI is InChI=1S/C17H19F9N2O2/c18-15(19,20)12-3-1-2-10(28-12)8-14(27-9-13(29)16(21,22)23)6-4-11(5-7-14)30-17(24,25)26/h1-3,11,13,27,29H,4-9H2. The van der Waals surface area contributed by atoms with Gasteiger partial charge in [-0.2, -0.15) is 26.3 Å². The molecule has 0 saturated heterocycles. The largest absolute Gasteiger partial charge is 0.522 e. The van der Waals surface area contributed by atoms with Crippen molar-refractivity contribution in [2.24, 2.45) is 0 Å². The van der Waals surface area contributed by atoms with E-state index in [2.05, 4.69) is 15.0 Å². The van der Waals surface area contributed by atoms with Gasteiger partial charge in [-0.3, -0.25) is 4.74 Å². The van der Waals surface area contributed by atoms with Crippen molar-refractivity contribution in [3.63, 3.8) is 0 Å². The Balaban J connectivity index is 2.18. The molecule has 2 N–H and O–H groups in total. The molecule has 172 valence electrons. The predicted octanol–water partition coefficient (Wildman–Crippen LogP) is 4.37. The fourth-order valence-corrected chi connectivity index (χ4v) is 3.38. The molecule has 1 aliphatic rings. The van der Waals surface area contributed by atoms with E-state index in [1.54, 1.807) is 0 Å². The number of aromatic nitrogens is 1. The number of nitrogens with zero attached hydrogens (tertiary/aromatic N) is 1. The van der Waals surface area contributed by atoms with Crippen LogP contribution >= 0.6 is 0 Å². The summed E-state index contributed by atoms with van der Waals surface area (Å²) < 4.78 is 118. The van der Waals surface area contributed by atoms with Crippen LogP contribution in [-0.2, 0) is 17.3 Å². The fourth-order valence-electron chi connectivity index (χ4n) is 3.38. The summed E-state index contributed by atoms with van der Waals surface area (Å²) in [6.45, 7) is -0.965. The second kappa shape index (κ2) is 8.87. The van der Waals surface area contributed by atoms with Gasteiger partial charge in [0.25, 0.3) is 0 Å². The molecule has 1 heterocycles. The van der Waals surface area contributed by atoms with Crippen LogP contribution in [0.2, 0.25) is 0 Å². The first-order valence-corrected chi connectivity index (χ1v) is 8.87. The second-order valence-corrected chi connectivity index (χ2v) is 7.17. The minimum atomic E-state index is -4.93. The first-order valence-electron chi connectivity index (χ1n) is 8.87. The van der Waals surface area contributed by atoms with Gasteiger partial charge in [0.05, 0.1) is 6.10 Å². The van der Waals surface area contributed by atoms with Crippen LogP contribution in [0.4, 0.5) is 39.5 Å². The highest BCUT2D eigenvalue weighted by Crippen LogP contribution is 2.36. The number of hydrogen-bond acceptors (Lipinski definition) is 4. The lowest BCUT2D eigenvalue weighted by Crippen LogP contribution is -2.54. The number of rotatable bonds is 6. The van der Waals surface area contributed by atoms with Crippen molar-refractivity contribution in [2.75, 3.05) is 6.54 Å². The number of ether oxygens (including phenoxy) is 1. The molecular formula is C17H19F9N2O2. The van der Waals surface area contributed by atoms with E-state index in [0.717, 1.165) is 12.1 Å². The Morgan fingerprint density at radius 2 is 1.67 bits per heavy atom. The van der Waals surface area contributed by atoms with Crippen molar-refractivity contribution in [2.45, 2.75) is 68.6 Å². The van der Waals surface area contributed by atoms with Gasteiger partial charge in [0.1, 0.15) is 5.69 Å². The molecule has 1 aliphatic carbocycles. The third-order valence-corrected chi connectivity index (χ3v) is 4.85. The van der Waals surface area contributed by atoms with Gasteiger partial charge in [-0.15, -0.1) is 13.2 Å². The molecule has 1 saturated carbocycles. The third-order valence-electron chi connectivity index (χ3n) is 4.85. The fraction of sp³-hybridized carbons (Fsp3) is 0.706. The highest BCUT2D eigenvalue weighted by atomic mass is 19.4. The van der Waals surface area contributed by atoms with Crippen molar-refractivity contribution in [3.8, 4) is 0 Å². The summed E-state index contributed by atoms with van der Waals surface area (Å²) >= 11 is 0. The monoisotopic (exact) mass is 454 g/mol. The van der Waals surface area contributed by atoms with Crippen molar-refractivity contribution < 1.29 is 49.4 Å². The Kier molecular flexibility index (Phi) is 7.29. The van der Waals surface area contributed by atoms with Crippen LogP contribution in [0.25, 0.3) is 0 Å². The average Bonchev–Trinajstić information content (AvgIpc) is 2.59. The highest BCUT2D eigenvalue weighted by Gasteiger charge is 2.44. The first-order chi connectivity index (χ1) is 13.6. The Labute approximate surface area is 165 Å². The average molecular weight is 454 g/mol. The number of aliphatic hydroxyl groups excluding tert-OH is 1. The molecule has 0 spiro atoms. The Morgan fingerprint density at radius 3 is 2.17 bits per heavy atom. The minimum Gasteiger partial charge on any atom is -0.382 e. The van der Waals surface area contributed by atoms with Gasteiger partial charge in [-0.25, -0.2) is 4.98 Å². The van der Waals surface area contributed by atoms with Gasteiger partial charge in [-0.1, -0.05) is 6.07 Å². The molecular weight excluding hydrogens is 435 g/mol. The summed E-state index contributed by atoms with van der Waals surface area (Å²) in [6, 6.07) is 3.06. The lowest BCUT2D eigenvalue weighted by Gasteiger charge is -2.41. The molecule has 1 aromatic rings. The zero-order valence-corrected chi connectivity index (χ0v) is 15.3. The van der Waals surface area contributed by atoms with E-state index < -0.39 is 48.7 Å². The molecule has 2 rings (SSSR count). The summed E-state index contributed by atoms with van der Waals surface area (Å²) in [5.74, 6) is 0. The molecule has 1 atom stereocenters. The lowest BCUT2D eigenvalue weighted by molar-refractivity contribution is -0.346. The molecule has 4 nitrogen and oxygen atoms in total. The van der Waals surface area contributed by atoms with Crippen molar-refractivity contribution in [1.82, 2.24) is 10.3 Å². The van der Waals surface area contributed by atoms with Gasteiger partial charge in [0.2, 0.25) is 0 Å². The van der Waals surface area contributed by atoms with Gasteiger partial charge in [0, 0.05) is 24.2 Å². The third kappa shape index (κ3) is 7.27. The maximum Gasteiger partial charge on any atom is 0.522 e. The Morgan fingerprint density at radius 1 is 1.07 bits per heavy atom. The van der Waals surface area contributed by atoms with Crippen LogP contribution in [0.3, 0.4) is 0 Å². The van der Waals surface area contributed by atoms with E-state index in [1.165, 1.54) is 6.07 Å². The lowest BCUT2D eigenvalue weighted by atomic mass is 9.77. The van der Waals surface area contributed by atoms with E-state index in [1.807, 2.05) is 0 Å². The van der Waals surface area contributed by atoms with E-state index in [0.29, 0.717) is 0 Å². The zero-order valence-electron chi connectivity index (χ0n) is 15.3. The summed E-state index contributed by atoms with van der Waals surface area (Å²) in [5.41, 5.74) is -2.57. The first kappa shape index (κ1) is 24.7. The predicted molar refractivity (Wildman–Crippen MR) is 85.1 cm³/mol.